The summed E-state index contributed by atoms with van der Waals surface area (Å²) in [6.45, 7) is 4.46. The molecule has 22 heavy (non-hydrogen) atoms. The minimum Gasteiger partial charge on any atom is -0.492 e. The Labute approximate surface area is 127 Å². The van der Waals surface area contributed by atoms with Gasteiger partial charge in [-0.1, -0.05) is 0 Å². The molecule has 1 aliphatic rings. The van der Waals surface area contributed by atoms with Crippen molar-refractivity contribution in [3.05, 3.63) is 42.7 Å². The Morgan fingerprint density at radius 3 is 3.00 bits per heavy atom. The summed E-state index contributed by atoms with van der Waals surface area (Å²) >= 11 is 0. The van der Waals surface area contributed by atoms with Gasteiger partial charge in [0.05, 0.1) is 12.8 Å². The second kappa shape index (κ2) is 5.25. The fourth-order valence-electron chi connectivity index (χ4n) is 2.65. The van der Waals surface area contributed by atoms with Gasteiger partial charge in [0, 0.05) is 37.6 Å². The van der Waals surface area contributed by atoms with Crippen molar-refractivity contribution < 1.29 is 4.74 Å². The molecule has 0 unspecified atom stereocenters. The average Bonchev–Trinajstić information content (AvgIpc) is 2.89. The van der Waals surface area contributed by atoms with Crippen LogP contribution in [0.4, 0.5) is 5.82 Å². The third-order valence-electron chi connectivity index (χ3n) is 3.86. The van der Waals surface area contributed by atoms with Gasteiger partial charge in [-0.05, 0) is 19.1 Å². The van der Waals surface area contributed by atoms with Crippen molar-refractivity contribution in [1.82, 2.24) is 24.6 Å². The minimum absolute atomic E-state index is 0.492. The van der Waals surface area contributed by atoms with E-state index in [9.17, 15) is 0 Å². The van der Waals surface area contributed by atoms with E-state index in [1.807, 2.05) is 29.7 Å². The van der Waals surface area contributed by atoms with Crippen molar-refractivity contribution >= 4 is 11.5 Å². The summed E-state index contributed by atoms with van der Waals surface area (Å²) in [4.78, 5) is 10.7. The monoisotopic (exact) mass is 296 g/mol. The first kappa shape index (κ1) is 13.0. The van der Waals surface area contributed by atoms with Gasteiger partial charge in [0.25, 0.3) is 0 Å². The number of hydrogen-bond donors (Lipinski definition) is 0. The molecule has 4 heterocycles. The molecular formula is C15H16N6O. The lowest BCUT2D eigenvalue weighted by Gasteiger charge is -2.39. The molecule has 0 N–H and O–H groups in total. The SMILES string of the molecule is Cc1nnc2c(N3CC(COc4cccnc4)C3)nccn12. The molecule has 3 aromatic rings. The van der Waals surface area contributed by atoms with Gasteiger partial charge >= 0.3 is 0 Å². The van der Waals surface area contributed by atoms with Crippen LogP contribution in [-0.4, -0.2) is 44.3 Å². The van der Waals surface area contributed by atoms with Gasteiger partial charge < -0.3 is 9.64 Å². The Morgan fingerprint density at radius 1 is 1.27 bits per heavy atom. The molecule has 0 radical (unpaired) electrons. The summed E-state index contributed by atoms with van der Waals surface area (Å²) < 4.78 is 7.70. The first-order valence-corrected chi connectivity index (χ1v) is 7.25. The molecule has 0 saturated carbocycles. The molecule has 0 spiro atoms. The molecule has 1 aliphatic heterocycles. The molecule has 0 bridgehead atoms. The van der Waals surface area contributed by atoms with E-state index in [0.29, 0.717) is 12.5 Å². The summed E-state index contributed by atoms with van der Waals surface area (Å²) in [7, 11) is 0. The molecule has 0 amide bonds. The largest absolute Gasteiger partial charge is 0.492 e. The van der Waals surface area contributed by atoms with Crippen LogP contribution in [0.15, 0.2) is 36.9 Å². The number of aryl methyl sites for hydroxylation is 1. The van der Waals surface area contributed by atoms with Crippen LogP contribution in [-0.2, 0) is 0 Å². The number of pyridine rings is 1. The van der Waals surface area contributed by atoms with Crippen molar-refractivity contribution in [1.29, 1.82) is 0 Å². The highest BCUT2D eigenvalue weighted by molar-refractivity contribution is 5.64. The van der Waals surface area contributed by atoms with Crippen LogP contribution in [0.25, 0.3) is 5.65 Å². The number of nitrogens with zero attached hydrogens (tertiary/aromatic N) is 6. The Bertz CT molecular complexity index is 781. The Kier molecular flexibility index (Phi) is 3.10. The highest BCUT2D eigenvalue weighted by atomic mass is 16.5. The summed E-state index contributed by atoms with van der Waals surface area (Å²) in [5.41, 5.74) is 0.812. The molecule has 0 aromatic carbocycles. The van der Waals surface area contributed by atoms with Crippen LogP contribution in [0.5, 0.6) is 5.75 Å². The Balaban J connectivity index is 1.40. The molecule has 1 saturated heterocycles. The fraction of sp³-hybridized carbons (Fsp3) is 0.333. The van der Waals surface area contributed by atoms with Crippen LogP contribution in [0.3, 0.4) is 0 Å². The van der Waals surface area contributed by atoms with Crippen LogP contribution in [0, 0.1) is 12.8 Å². The summed E-state index contributed by atoms with van der Waals surface area (Å²) in [6.07, 6.45) is 7.15. The minimum atomic E-state index is 0.492. The summed E-state index contributed by atoms with van der Waals surface area (Å²) in [5, 5.41) is 8.32. The quantitative estimate of drug-likeness (QED) is 0.724. The van der Waals surface area contributed by atoms with Crippen molar-refractivity contribution in [3.63, 3.8) is 0 Å². The molecule has 3 aromatic heterocycles. The topological polar surface area (TPSA) is 68.4 Å². The van der Waals surface area contributed by atoms with E-state index in [1.165, 1.54) is 0 Å². The van der Waals surface area contributed by atoms with Crippen molar-refractivity contribution in [2.24, 2.45) is 5.92 Å². The predicted molar refractivity (Wildman–Crippen MR) is 81.0 cm³/mol. The standard InChI is InChI=1S/C15H16N6O/c1-11-18-19-15-14(17-5-6-21(11)15)20-8-12(9-20)10-22-13-3-2-4-16-7-13/h2-7,12H,8-10H2,1H3. The molecular weight excluding hydrogens is 280 g/mol. The molecule has 0 aliphatic carbocycles. The highest BCUT2D eigenvalue weighted by Crippen LogP contribution is 2.26. The molecule has 0 atom stereocenters. The number of anilines is 1. The molecule has 112 valence electrons. The van der Waals surface area contributed by atoms with E-state index >= 15 is 0 Å². The zero-order valence-corrected chi connectivity index (χ0v) is 12.3. The van der Waals surface area contributed by atoms with Crippen LogP contribution < -0.4 is 9.64 Å². The van der Waals surface area contributed by atoms with Crippen LogP contribution in [0.2, 0.25) is 0 Å². The first-order chi connectivity index (χ1) is 10.8. The second-order valence-corrected chi connectivity index (χ2v) is 5.46. The lowest BCUT2D eigenvalue weighted by molar-refractivity contribution is 0.219. The third-order valence-corrected chi connectivity index (χ3v) is 3.86. The smallest absolute Gasteiger partial charge is 0.203 e. The maximum absolute atomic E-state index is 5.74. The van der Waals surface area contributed by atoms with Gasteiger partial charge in [-0.3, -0.25) is 9.38 Å². The molecule has 7 nitrogen and oxygen atoms in total. The summed E-state index contributed by atoms with van der Waals surface area (Å²) in [6, 6.07) is 3.80. The molecule has 4 rings (SSSR count). The summed E-state index contributed by atoms with van der Waals surface area (Å²) in [5.74, 6) is 3.07. The van der Waals surface area contributed by atoms with Crippen molar-refractivity contribution in [2.45, 2.75) is 6.92 Å². The number of aromatic nitrogens is 5. The predicted octanol–water partition coefficient (Wildman–Crippen LogP) is 1.34. The normalized spacial score (nSPS) is 15.0. The average molecular weight is 296 g/mol. The number of ether oxygens (including phenoxy) is 1. The fourth-order valence-corrected chi connectivity index (χ4v) is 2.65. The van der Waals surface area contributed by atoms with Gasteiger partial charge in [-0.25, -0.2) is 4.98 Å². The van der Waals surface area contributed by atoms with Gasteiger partial charge in [0.15, 0.2) is 5.82 Å². The van der Waals surface area contributed by atoms with Crippen LogP contribution >= 0.6 is 0 Å². The van der Waals surface area contributed by atoms with Crippen LogP contribution in [0.1, 0.15) is 5.82 Å². The number of fused-ring (bicyclic) bond motifs is 1. The first-order valence-electron chi connectivity index (χ1n) is 7.25. The Hall–Kier alpha value is -2.70. The van der Waals surface area contributed by atoms with E-state index in [0.717, 1.165) is 36.1 Å². The van der Waals surface area contributed by atoms with E-state index in [4.69, 9.17) is 4.74 Å². The Morgan fingerprint density at radius 2 is 2.18 bits per heavy atom. The van der Waals surface area contributed by atoms with E-state index in [2.05, 4.69) is 25.1 Å². The van der Waals surface area contributed by atoms with E-state index < -0.39 is 0 Å². The third kappa shape index (κ3) is 2.24. The van der Waals surface area contributed by atoms with Crippen molar-refractivity contribution in [3.8, 4) is 5.75 Å². The maximum atomic E-state index is 5.74. The second-order valence-electron chi connectivity index (χ2n) is 5.46. The molecule has 1 fully saturated rings. The zero-order valence-electron chi connectivity index (χ0n) is 12.3. The lowest BCUT2D eigenvalue weighted by Crippen LogP contribution is -2.49. The maximum Gasteiger partial charge on any atom is 0.203 e. The van der Waals surface area contributed by atoms with Gasteiger partial charge in [-0.15, -0.1) is 10.2 Å². The van der Waals surface area contributed by atoms with Gasteiger partial charge in [0.1, 0.15) is 11.6 Å². The lowest BCUT2D eigenvalue weighted by atomic mass is 10.0. The number of hydrogen-bond acceptors (Lipinski definition) is 6. The van der Waals surface area contributed by atoms with Gasteiger partial charge in [0.2, 0.25) is 5.65 Å². The highest BCUT2D eigenvalue weighted by Gasteiger charge is 2.30. The molecule has 7 heteroatoms. The van der Waals surface area contributed by atoms with Gasteiger partial charge in [-0.2, -0.15) is 0 Å². The zero-order chi connectivity index (χ0) is 14.9. The number of rotatable bonds is 4. The van der Waals surface area contributed by atoms with E-state index in [1.54, 1.807) is 18.6 Å². The van der Waals surface area contributed by atoms with Crippen molar-refractivity contribution in [2.75, 3.05) is 24.6 Å². The van der Waals surface area contributed by atoms with E-state index in [-0.39, 0.29) is 0 Å².